The van der Waals surface area contributed by atoms with Crippen molar-refractivity contribution in [1.82, 2.24) is 0 Å². The summed E-state index contributed by atoms with van der Waals surface area (Å²) >= 11 is 5.86. The van der Waals surface area contributed by atoms with Crippen LogP contribution in [0.15, 0.2) is 72.8 Å². The Morgan fingerprint density at radius 1 is 0.857 bits per heavy atom. The molecule has 3 aromatic carbocycles. The molecule has 0 saturated carbocycles. The third-order valence-electron chi connectivity index (χ3n) is 3.95. The van der Waals surface area contributed by atoms with Gasteiger partial charge in [0.1, 0.15) is 5.75 Å². The summed E-state index contributed by atoms with van der Waals surface area (Å²) in [4.78, 5) is 25.2. The number of carbonyl (C=O) groups excluding carboxylic acids is 2. The van der Waals surface area contributed by atoms with Gasteiger partial charge in [-0.05, 0) is 67.6 Å². The van der Waals surface area contributed by atoms with Crippen molar-refractivity contribution in [1.29, 1.82) is 0 Å². The first-order valence-corrected chi connectivity index (χ1v) is 9.15. The standard InChI is InChI=1S/C22H19ClN2O3/c1-2-28-18-13-11-17(12-14-18)24-22(27)19-5-3-4-6-20(19)25-21(26)15-7-9-16(23)10-8-15/h3-14H,2H2,1H3,(H,24,27)(H,25,26). The molecule has 2 amide bonds. The van der Waals surface area contributed by atoms with E-state index in [4.69, 9.17) is 16.3 Å². The Hall–Kier alpha value is -3.31. The number of carbonyl (C=O) groups is 2. The highest BCUT2D eigenvalue weighted by atomic mass is 35.5. The van der Waals surface area contributed by atoms with E-state index in [-0.39, 0.29) is 11.8 Å². The van der Waals surface area contributed by atoms with Gasteiger partial charge in [0, 0.05) is 16.3 Å². The molecule has 0 radical (unpaired) electrons. The van der Waals surface area contributed by atoms with Crippen LogP contribution in [-0.2, 0) is 0 Å². The zero-order valence-corrected chi connectivity index (χ0v) is 16.0. The van der Waals surface area contributed by atoms with E-state index in [1.54, 1.807) is 72.8 Å². The van der Waals surface area contributed by atoms with E-state index in [9.17, 15) is 9.59 Å². The van der Waals surface area contributed by atoms with Gasteiger partial charge in [0.2, 0.25) is 0 Å². The van der Waals surface area contributed by atoms with Gasteiger partial charge < -0.3 is 15.4 Å². The Morgan fingerprint density at radius 2 is 1.54 bits per heavy atom. The molecule has 0 bridgehead atoms. The highest BCUT2D eigenvalue weighted by Crippen LogP contribution is 2.20. The van der Waals surface area contributed by atoms with Crippen LogP contribution in [0.1, 0.15) is 27.6 Å². The number of hydrogen-bond acceptors (Lipinski definition) is 3. The molecule has 5 nitrogen and oxygen atoms in total. The molecule has 0 fully saturated rings. The minimum atomic E-state index is -0.323. The molecule has 2 N–H and O–H groups in total. The Balaban J connectivity index is 1.74. The average Bonchev–Trinajstić information content (AvgIpc) is 2.70. The van der Waals surface area contributed by atoms with Gasteiger partial charge in [0.15, 0.2) is 0 Å². The van der Waals surface area contributed by atoms with Crippen LogP contribution in [-0.4, -0.2) is 18.4 Å². The molecular weight excluding hydrogens is 376 g/mol. The van der Waals surface area contributed by atoms with E-state index >= 15 is 0 Å². The fourth-order valence-corrected chi connectivity index (χ4v) is 2.71. The molecule has 142 valence electrons. The molecule has 6 heteroatoms. The van der Waals surface area contributed by atoms with Gasteiger partial charge in [-0.15, -0.1) is 0 Å². The molecule has 3 aromatic rings. The van der Waals surface area contributed by atoms with Gasteiger partial charge in [0.25, 0.3) is 11.8 Å². The van der Waals surface area contributed by atoms with Crippen LogP contribution in [0.4, 0.5) is 11.4 Å². The minimum absolute atomic E-state index is 0.321. The Bertz CT molecular complexity index is 970. The van der Waals surface area contributed by atoms with E-state index in [2.05, 4.69) is 10.6 Å². The van der Waals surface area contributed by atoms with Crippen LogP contribution in [0, 0.1) is 0 Å². The molecule has 0 aliphatic heterocycles. The minimum Gasteiger partial charge on any atom is -0.494 e. The van der Waals surface area contributed by atoms with Crippen molar-refractivity contribution in [2.24, 2.45) is 0 Å². The number of para-hydroxylation sites is 1. The maximum absolute atomic E-state index is 12.7. The Labute approximate surface area is 168 Å². The van der Waals surface area contributed by atoms with Crippen LogP contribution < -0.4 is 15.4 Å². The number of nitrogens with one attached hydrogen (secondary N) is 2. The molecule has 0 saturated heterocycles. The van der Waals surface area contributed by atoms with Crippen molar-refractivity contribution < 1.29 is 14.3 Å². The summed E-state index contributed by atoms with van der Waals surface area (Å²) in [5.41, 5.74) is 1.86. The second-order valence-corrected chi connectivity index (χ2v) is 6.35. The second kappa shape index (κ2) is 9.06. The number of halogens is 1. The smallest absolute Gasteiger partial charge is 0.257 e. The molecule has 28 heavy (non-hydrogen) atoms. The first-order valence-electron chi connectivity index (χ1n) is 8.77. The lowest BCUT2D eigenvalue weighted by Crippen LogP contribution is -2.18. The maximum Gasteiger partial charge on any atom is 0.257 e. The van der Waals surface area contributed by atoms with E-state index < -0.39 is 0 Å². The van der Waals surface area contributed by atoms with Crippen LogP contribution in [0.3, 0.4) is 0 Å². The van der Waals surface area contributed by atoms with Crippen molar-refractivity contribution in [2.75, 3.05) is 17.2 Å². The number of rotatable bonds is 6. The van der Waals surface area contributed by atoms with Gasteiger partial charge >= 0.3 is 0 Å². The second-order valence-electron chi connectivity index (χ2n) is 5.92. The van der Waals surface area contributed by atoms with E-state index in [0.717, 1.165) is 5.75 Å². The summed E-state index contributed by atoms with van der Waals surface area (Å²) < 4.78 is 5.39. The van der Waals surface area contributed by atoms with E-state index in [0.29, 0.717) is 34.1 Å². The van der Waals surface area contributed by atoms with Crippen LogP contribution in [0.25, 0.3) is 0 Å². The van der Waals surface area contributed by atoms with Gasteiger partial charge in [0.05, 0.1) is 17.9 Å². The summed E-state index contributed by atoms with van der Waals surface area (Å²) in [5.74, 6) is 0.0882. The highest BCUT2D eigenvalue weighted by Gasteiger charge is 2.14. The molecule has 0 aliphatic rings. The molecule has 0 aromatic heterocycles. The molecular formula is C22H19ClN2O3. The lowest BCUT2D eigenvalue weighted by atomic mass is 10.1. The normalized spacial score (nSPS) is 10.2. The molecule has 0 unspecified atom stereocenters. The lowest BCUT2D eigenvalue weighted by molar-refractivity contribution is 0.102. The van der Waals surface area contributed by atoms with E-state index in [1.807, 2.05) is 6.92 Å². The number of hydrogen-bond donors (Lipinski definition) is 2. The van der Waals surface area contributed by atoms with Crippen molar-refractivity contribution in [3.8, 4) is 5.75 Å². The number of benzene rings is 3. The van der Waals surface area contributed by atoms with Crippen LogP contribution >= 0.6 is 11.6 Å². The first-order chi connectivity index (χ1) is 13.6. The van der Waals surface area contributed by atoms with Crippen molar-refractivity contribution in [2.45, 2.75) is 6.92 Å². The molecule has 0 heterocycles. The molecule has 0 atom stereocenters. The maximum atomic E-state index is 12.7. The van der Waals surface area contributed by atoms with Crippen LogP contribution in [0.2, 0.25) is 5.02 Å². The van der Waals surface area contributed by atoms with E-state index in [1.165, 1.54) is 0 Å². The van der Waals surface area contributed by atoms with Gasteiger partial charge in [-0.2, -0.15) is 0 Å². The predicted molar refractivity (Wildman–Crippen MR) is 111 cm³/mol. The quantitative estimate of drug-likeness (QED) is 0.600. The largest absolute Gasteiger partial charge is 0.494 e. The monoisotopic (exact) mass is 394 g/mol. The topological polar surface area (TPSA) is 67.4 Å². The number of ether oxygens (including phenoxy) is 1. The predicted octanol–water partition coefficient (Wildman–Crippen LogP) is 5.24. The Morgan fingerprint density at radius 3 is 2.21 bits per heavy atom. The lowest BCUT2D eigenvalue weighted by Gasteiger charge is -2.12. The SMILES string of the molecule is CCOc1ccc(NC(=O)c2ccccc2NC(=O)c2ccc(Cl)cc2)cc1. The Kier molecular flexibility index (Phi) is 6.29. The van der Waals surface area contributed by atoms with Crippen molar-refractivity contribution >= 4 is 34.8 Å². The van der Waals surface area contributed by atoms with Gasteiger partial charge in [-0.1, -0.05) is 23.7 Å². The summed E-state index contributed by atoms with van der Waals surface area (Å²) in [5, 5.41) is 6.15. The molecule has 0 spiro atoms. The summed E-state index contributed by atoms with van der Waals surface area (Å²) in [7, 11) is 0. The summed E-state index contributed by atoms with van der Waals surface area (Å²) in [6.45, 7) is 2.48. The third-order valence-corrected chi connectivity index (χ3v) is 4.20. The van der Waals surface area contributed by atoms with Crippen molar-refractivity contribution in [3.05, 3.63) is 88.9 Å². The van der Waals surface area contributed by atoms with Crippen LogP contribution in [0.5, 0.6) is 5.75 Å². The zero-order valence-electron chi connectivity index (χ0n) is 15.2. The summed E-state index contributed by atoms with van der Waals surface area (Å²) in [6.07, 6.45) is 0. The highest BCUT2D eigenvalue weighted by molar-refractivity contribution is 6.30. The fraction of sp³-hybridized carbons (Fsp3) is 0.0909. The third kappa shape index (κ3) is 4.90. The first kappa shape index (κ1) is 19.5. The molecule has 0 aliphatic carbocycles. The number of amides is 2. The van der Waals surface area contributed by atoms with Crippen molar-refractivity contribution in [3.63, 3.8) is 0 Å². The van der Waals surface area contributed by atoms with Gasteiger partial charge in [-0.3, -0.25) is 9.59 Å². The fourth-order valence-electron chi connectivity index (χ4n) is 2.59. The molecule has 3 rings (SSSR count). The average molecular weight is 395 g/mol. The van der Waals surface area contributed by atoms with Gasteiger partial charge in [-0.25, -0.2) is 0 Å². The number of anilines is 2. The zero-order chi connectivity index (χ0) is 19.9. The summed E-state index contributed by atoms with van der Waals surface area (Å²) in [6, 6.07) is 20.5.